The molecule has 0 radical (unpaired) electrons. The molecule has 0 atom stereocenters. The van der Waals surface area contributed by atoms with Crippen LogP contribution in [0.25, 0.3) is 5.65 Å². The van der Waals surface area contributed by atoms with Gasteiger partial charge in [-0.25, -0.2) is 0 Å². The summed E-state index contributed by atoms with van der Waals surface area (Å²) in [6.45, 7) is 2.36. The van der Waals surface area contributed by atoms with Crippen LogP contribution >= 0.6 is 15.9 Å². The van der Waals surface area contributed by atoms with Crippen LogP contribution < -0.4 is 0 Å². The fraction of sp³-hybridized carbons (Fsp3) is 0.538. The number of hydrogen-bond donors (Lipinski definition) is 0. The average molecular weight is 296 g/mol. The maximum atomic E-state index is 3.85. The molecule has 3 rings (SSSR count). The monoisotopic (exact) mass is 295 g/mol. The quantitative estimate of drug-likeness (QED) is 0.733. The summed E-state index contributed by atoms with van der Waals surface area (Å²) in [4.78, 5) is 0. The highest BCUT2D eigenvalue weighted by atomic mass is 79.9. The fourth-order valence-corrected chi connectivity index (χ4v) is 2.46. The van der Waals surface area contributed by atoms with Crippen molar-refractivity contribution in [3.8, 4) is 0 Å². The summed E-state index contributed by atoms with van der Waals surface area (Å²) < 4.78 is 2.88. The standard InChI is InChI=1S/C7H14.C6H4BrN3/c1-7-5-3-2-4-6-7;7-5-1-2-6-9-8-4-10(6)3-5/h7H,2-6H2,1H3;1-4H. The van der Waals surface area contributed by atoms with Crippen LogP contribution in [0.4, 0.5) is 0 Å². The van der Waals surface area contributed by atoms with Crippen molar-refractivity contribution in [3.63, 3.8) is 0 Å². The van der Waals surface area contributed by atoms with Gasteiger partial charge in [-0.1, -0.05) is 39.0 Å². The van der Waals surface area contributed by atoms with Gasteiger partial charge in [0.25, 0.3) is 0 Å². The first-order chi connectivity index (χ1) is 8.25. The van der Waals surface area contributed by atoms with E-state index in [9.17, 15) is 0 Å². The van der Waals surface area contributed by atoms with Crippen LogP contribution in [-0.4, -0.2) is 14.6 Å². The topological polar surface area (TPSA) is 30.2 Å². The van der Waals surface area contributed by atoms with Crippen LogP contribution in [0.1, 0.15) is 39.0 Å². The molecule has 0 spiro atoms. The molecule has 2 aromatic heterocycles. The molecule has 0 N–H and O–H groups in total. The number of fused-ring (bicyclic) bond motifs is 1. The molecule has 0 bridgehead atoms. The van der Waals surface area contributed by atoms with Crippen molar-refractivity contribution in [2.45, 2.75) is 39.0 Å². The predicted octanol–water partition coefficient (Wildman–Crippen LogP) is 4.08. The summed E-state index contributed by atoms with van der Waals surface area (Å²) in [6, 6.07) is 3.83. The zero-order chi connectivity index (χ0) is 12.1. The summed E-state index contributed by atoms with van der Waals surface area (Å²) >= 11 is 3.34. The lowest BCUT2D eigenvalue weighted by atomic mass is 9.91. The summed E-state index contributed by atoms with van der Waals surface area (Å²) in [5.74, 6) is 1.04. The van der Waals surface area contributed by atoms with Gasteiger partial charge in [-0.15, -0.1) is 10.2 Å². The van der Waals surface area contributed by atoms with Crippen molar-refractivity contribution in [1.82, 2.24) is 14.6 Å². The number of rotatable bonds is 0. The summed E-state index contributed by atoms with van der Waals surface area (Å²) in [5.41, 5.74) is 0.864. The normalized spacial score (nSPS) is 16.6. The molecule has 2 aromatic rings. The van der Waals surface area contributed by atoms with Gasteiger partial charge in [0.1, 0.15) is 6.33 Å². The van der Waals surface area contributed by atoms with E-state index in [1.54, 1.807) is 6.33 Å². The molecule has 17 heavy (non-hydrogen) atoms. The Morgan fingerprint density at radius 1 is 1.24 bits per heavy atom. The molecular formula is C13H18BrN3. The molecule has 92 valence electrons. The van der Waals surface area contributed by atoms with Crippen molar-refractivity contribution in [2.75, 3.05) is 0 Å². The van der Waals surface area contributed by atoms with Gasteiger partial charge in [-0.2, -0.15) is 0 Å². The summed E-state index contributed by atoms with van der Waals surface area (Å²) in [7, 11) is 0. The Bertz CT molecular complexity index is 460. The molecule has 0 saturated heterocycles. The van der Waals surface area contributed by atoms with Crippen molar-refractivity contribution < 1.29 is 0 Å². The number of hydrogen-bond acceptors (Lipinski definition) is 2. The molecule has 4 heteroatoms. The largest absolute Gasteiger partial charge is 0.288 e. The third-order valence-electron chi connectivity index (χ3n) is 3.15. The third kappa shape index (κ3) is 3.80. The lowest BCUT2D eigenvalue weighted by Gasteiger charge is -2.15. The summed E-state index contributed by atoms with van der Waals surface area (Å²) in [6.07, 6.45) is 11.0. The fourth-order valence-electron chi connectivity index (χ4n) is 2.11. The Morgan fingerprint density at radius 3 is 2.65 bits per heavy atom. The molecule has 1 aliphatic carbocycles. The molecular weight excluding hydrogens is 278 g/mol. The zero-order valence-corrected chi connectivity index (χ0v) is 11.7. The Kier molecular flexibility index (Phi) is 4.54. The van der Waals surface area contributed by atoms with Crippen molar-refractivity contribution in [1.29, 1.82) is 0 Å². The van der Waals surface area contributed by atoms with Crippen molar-refractivity contribution in [2.24, 2.45) is 5.92 Å². The molecule has 1 aliphatic rings. The van der Waals surface area contributed by atoms with E-state index in [0.29, 0.717) is 0 Å². The van der Waals surface area contributed by atoms with E-state index in [0.717, 1.165) is 16.0 Å². The van der Waals surface area contributed by atoms with E-state index in [1.165, 1.54) is 32.1 Å². The van der Waals surface area contributed by atoms with Gasteiger partial charge >= 0.3 is 0 Å². The van der Waals surface area contributed by atoms with Crippen LogP contribution in [0.5, 0.6) is 0 Å². The first kappa shape index (κ1) is 12.6. The Labute approximate surface area is 110 Å². The van der Waals surface area contributed by atoms with Gasteiger partial charge in [0.05, 0.1) is 0 Å². The second-order valence-corrected chi connectivity index (χ2v) is 5.60. The second kappa shape index (κ2) is 6.15. The van der Waals surface area contributed by atoms with E-state index in [-0.39, 0.29) is 0 Å². The van der Waals surface area contributed by atoms with E-state index >= 15 is 0 Å². The maximum Gasteiger partial charge on any atom is 0.160 e. The van der Waals surface area contributed by atoms with Gasteiger partial charge in [-0.3, -0.25) is 4.40 Å². The average Bonchev–Trinajstić information content (AvgIpc) is 2.78. The van der Waals surface area contributed by atoms with Crippen molar-refractivity contribution >= 4 is 21.6 Å². The molecule has 1 fully saturated rings. The zero-order valence-electron chi connectivity index (χ0n) is 10.1. The lowest BCUT2D eigenvalue weighted by molar-refractivity contribution is 0.385. The van der Waals surface area contributed by atoms with Crippen LogP contribution in [0.3, 0.4) is 0 Å². The molecule has 0 unspecified atom stereocenters. The van der Waals surface area contributed by atoms with Gasteiger partial charge in [0, 0.05) is 10.7 Å². The molecule has 0 aromatic carbocycles. The Balaban J connectivity index is 0.000000136. The predicted molar refractivity (Wildman–Crippen MR) is 72.9 cm³/mol. The number of pyridine rings is 1. The van der Waals surface area contributed by atoms with E-state index in [1.807, 2.05) is 22.7 Å². The van der Waals surface area contributed by atoms with Gasteiger partial charge in [-0.05, 0) is 34.0 Å². The van der Waals surface area contributed by atoms with Crippen LogP contribution in [0.2, 0.25) is 0 Å². The van der Waals surface area contributed by atoms with Crippen molar-refractivity contribution in [3.05, 3.63) is 29.1 Å². The highest BCUT2D eigenvalue weighted by Gasteiger charge is 2.05. The van der Waals surface area contributed by atoms with Crippen LogP contribution in [0, 0.1) is 5.92 Å². The highest BCUT2D eigenvalue weighted by molar-refractivity contribution is 9.10. The summed E-state index contributed by atoms with van der Waals surface area (Å²) in [5, 5.41) is 7.59. The van der Waals surface area contributed by atoms with Crippen LogP contribution in [-0.2, 0) is 0 Å². The molecule has 3 nitrogen and oxygen atoms in total. The molecule has 0 aliphatic heterocycles. The minimum atomic E-state index is 0.864. The minimum absolute atomic E-state index is 0.864. The van der Waals surface area contributed by atoms with E-state index < -0.39 is 0 Å². The SMILES string of the molecule is Brc1ccc2nncn2c1.CC1CCCCC1. The number of halogens is 1. The van der Waals surface area contributed by atoms with Crippen LogP contribution in [0.15, 0.2) is 29.1 Å². The minimum Gasteiger partial charge on any atom is -0.288 e. The Morgan fingerprint density at radius 2 is 2.00 bits per heavy atom. The third-order valence-corrected chi connectivity index (χ3v) is 3.62. The van der Waals surface area contributed by atoms with Gasteiger partial charge < -0.3 is 0 Å². The maximum absolute atomic E-state index is 3.85. The number of aromatic nitrogens is 3. The molecule has 2 heterocycles. The van der Waals surface area contributed by atoms with E-state index in [2.05, 4.69) is 33.1 Å². The first-order valence-corrected chi connectivity index (χ1v) is 7.00. The smallest absolute Gasteiger partial charge is 0.160 e. The Hall–Kier alpha value is -0.900. The first-order valence-electron chi connectivity index (χ1n) is 6.20. The van der Waals surface area contributed by atoms with E-state index in [4.69, 9.17) is 0 Å². The second-order valence-electron chi connectivity index (χ2n) is 4.69. The lowest BCUT2D eigenvalue weighted by Crippen LogP contribution is -1.99. The number of nitrogens with zero attached hydrogens (tertiary/aromatic N) is 3. The highest BCUT2D eigenvalue weighted by Crippen LogP contribution is 2.22. The van der Waals surface area contributed by atoms with Gasteiger partial charge in [0.2, 0.25) is 0 Å². The van der Waals surface area contributed by atoms with Gasteiger partial charge in [0.15, 0.2) is 5.65 Å². The molecule has 0 amide bonds. The molecule has 1 saturated carbocycles.